The van der Waals surface area contributed by atoms with E-state index >= 15 is 0 Å². The lowest BCUT2D eigenvalue weighted by Crippen LogP contribution is -2.32. The van der Waals surface area contributed by atoms with E-state index in [4.69, 9.17) is 4.74 Å². The Balaban J connectivity index is 1.99. The SMILES string of the molecule is CC[C@H](Oc1ccc(F)cc1)C(=O)Nc1nnc(SC)s1. The van der Waals surface area contributed by atoms with Gasteiger partial charge in [-0.15, -0.1) is 10.2 Å². The number of thioether (sulfide) groups is 1. The van der Waals surface area contributed by atoms with Gasteiger partial charge in [-0.05, 0) is 36.9 Å². The van der Waals surface area contributed by atoms with Gasteiger partial charge in [0.15, 0.2) is 10.4 Å². The van der Waals surface area contributed by atoms with Crippen LogP contribution in [0.4, 0.5) is 9.52 Å². The van der Waals surface area contributed by atoms with E-state index in [-0.39, 0.29) is 11.7 Å². The van der Waals surface area contributed by atoms with Crippen molar-refractivity contribution in [2.75, 3.05) is 11.6 Å². The van der Waals surface area contributed by atoms with E-state index in [9.17, 15) is 9.18 Å². The molecule has 0 fully saturated rings. The molecule has 21 heavy (non-hydrogen) atoms. The second-order valence-corrected chi connectivity index (χ2v) is 6.07. The quantitative estimate of drug-likeness (QED) is 0.652. The number of hydrogen-bond acceptors (Lipinski definition) is 6. The molecule has 5 nitrogen and oxygen atoms in total. The van der Waals surface area contributed by atoms with Crippen molar-refractivity contribution in [3.63, 3.8) is 0 Å². The molecule has 0 spiro atoms. The molecule has 0 unspecified atom stereocenters. The van der Waals surface area contributed by atoms with Crippen molar-refractivity contribution in [1.29, 1.82) is 0 Å². The number of halogens is 1. The average molecular weight is 327 g/mol. The Kier molecular flexibility index (Phi) is 5.51. The Morgan fingerprint density at radius 1 is 1.43 bits per heavy atom. The zero-order valence-corrected chi connectivity index (χ0v) is 13.1. The molecule has 1 aromatic heterocycles. The molecule has 0 radical (unpaired) electrons. The maximum Gasteiger partial charge on any atom is 0.267 e. The van der Waals surface area contributed by atoms with E-state index in [1.807, 2.05) is 13.2 Å². The van der Waals surface area contributed by atoms with E-state index in [0.29, 0.717) is 17.3 Å². The minimum Gasteiger partial charge on any atom is -0.481 e. The zero-order chi connectivity index (χ0) is 15.2. The molecule has 0 aliphatic heterocycles. The van der Waals surface area contributed by atoms with Gasteiger partial charge in [0, 0.05) is 0 Å². The minimum atomic E-state index is -0.669. The van der Waals surface area contributed by atoms with Crippen LogP contribution in [0.15, 0.2) is 28.6 Å². The molecule has 2 aromatic rings. The standard InChI is InChI=1S/C13H14FN3O2S2/c1-3-10(19-9-6-4-8(14)5-7-9)11(18)15-12-16-17-13(20-2)21-12/h4-7,10H,3H2,1-2H3,(H,15,16,18)/t10-/m0/s1. The lowest BCUT2D eigenvalue weighted by Gasteiger charge is -2.16. The molecule has 0 bridgehead atoms. The average Bonchev–Trinajstić information content (AvgIpc) is 2.94. The number of aromatic nitrogens is 2. The molecule has 0 saturated heterocycles. The summed E-state index contributed by atoms with van der Waals surface area (Å²) in [5, 5.41) is 10.9. The summed E-state index contributed by atoms with van der Waals surface area (Å²) in [7, 11) is 0. The molecule has 1 heterocycles. The fraction of sp³-hybridized carbons (Fsp3) is 0.308. The molecule has 0 aliphatic rings. The van der Waals surface area contributed by atoms with E-state index in [2.05, 4.69) is 15.5 Å². The predicted molar refractivity (Wildman–Crippen MR) is 81.4 cm³/mol. The molecule has 1 aromatic carbocycles. The number of carbonyl (C=O) groups is 1. The Bertz CT molecular complexity index is 604. The van der Waals surface area contributed by atoms with Crippen molar-refractivity contribution in [3.8, 4) is 5.75 Å². The van der Waals surface area contributed by atoms with Gasteiger partial charge in [-0.3, -0.25) is 10.1 Å². The predicted octanol–water partition coefficient (Wildman–Crippen LogP) is 3.20. The van der Waals surface area contributed by atoms with Crippen molar-refractivity contribution in [3.05, 3.63) is 30.1 Å². The third-order valence-electron chi connectivity index (χ3n) is 2.57. The van der Waals surface area contributed by atoms with Crippen LogP contribution in [0, 0.1) is 5.82 Å². The fourth-order valence-corrected chi connectivity index (χ4v) is 2.70. The highest BCUT2D eigenvalue weighted by Crippen LogP contribution is 2.23. The molecule has 1 amide bonds. The number of nitrogens with one attached hydrogen (secondary N) is 1. The van der Waals surface area contributed by atoms with Crippen LogP contribution in [0.3, 0.4) is 0 Å². The van der Waals surface area contributed by atoms with Crippen molar-refractivity contribution in [1.82, 2.24) is 10.2 Å². The van der Waals surface area contributed by atoms with Crippen LogP contribution in [-0.4, -0.2) is 28.5 Å². The van der Waals surface area contributed by atoms with Crippen molar-refractivity contribution in [2.45, 2.75) is 23.8 Å². The van der Waals surface area contributed by atoms with Crippen LogP contribution in [-0.2, 0) is 4.79 Å². The van der Waals surface area contributed by atoms with Crippen LogP contribution < -0.4 is 10.1 Å². The summed E-state index contributed by atoms with van der Waals surface area (Å²) in [6.45, 7) is 1.83. The molecular formula is C13H14FN3O2S2. The summed E-state index contributed by atoms with van der Waals surface area (Å²) < 4.78 is 19.2. The van der Waals surface area contributed by atoms with Gasteiger partial charge in [-0.2, -0.15) is 0 Å². The minimum absolute atomic E-state index is 0.300. The first-order valence-electron chi connectivity index (χ1n) is 6.23. The first-order chi connectivity index (χ1) is 10.1. The maximum absolute atomic E-state index is 12.8. The number of anilines is 1. The van der Waals surface area contributed by atoms with Gasteiger partial charge < -0.3 is 4.74 Å². The molecule has 1 N–H and O–H groups in total. The summed E-state index contributed by atoms with van der Waals surface area (Å²) in [4.78, 5) is 12.1. The molecule has 0 aliphatic carbocycles. The maximum atomic E-state index is 12.8. The van der Waals surface area contributed by atoms with Crippen LogP contribution in [0.2, 0.25) is 0 Å². The van der Waals surface area contributed by atoms with Crippen LogP contribution >= 0.6 is 23.1 Å². The Morgan fingerprint density at radius 2 is 2.14 bits per heavy atom. The monoisotopic (exact) mass is 327 g/mol. The highest BCUT2D eigenvalue weighted by atomic mass is 32.2. The van der Waals surface area contributed by atoms with Gasteiger partial charge in [0.2, 0.25) is 5.13 Å². The topological polar surface area (TPSA) is 64.1 Å². The number of carbonyl (C=O) groups excluding carboxylic acids is 1. The number of nitrogens with zero attached hydrogens (tertiary/aromatic N) is 2. The molecular weight excluding hydrogens is 313 g/mol. The van der Waals surface area contributed by atoms with Crippen molar-refractivity contribution >= 4 is 34.1 Å². The van der Waals surface area contributed by atoms with E-state index in [1.54, 1.807) is 0 Å². The molecule has 112 valence electrons. The van der Waals surface area contributed by atoms with Gasteiger partial charge in [0.1, 0.15) is 11.6 Å². The summed E-state index contributed by atoms with van der Waals surface area (Å²) in [5.41, 5.74) is 0. The zero-order valence-electron chi connectivity index (χ0n) is 11.5. The number of amides is 1. The third-order valence-corrected chi connectivity index (χ3v) is 4.38. The Morgan fingerprint density at radius 3 is 2.71 bits per heavy atom. The van der Waals surface area contributed by atoms with Crippen molar-refractivity contribution < 1.29 is 13.9 Å². The summed E-state index contributed by atoms with van der Waals surface area (Å²) in [5.74, 6) is -0.204. The Labute approximate surface area is 129 Å². The molecule has 0 saturated carbocycles. The first-order valence-corrected chi connectivity index (χ1v) is 8.27. The van der Waals surface area contributed by atoms with Gasteiger partial charge in [0.25, 0.3) is 5.91 Å². The highest BCUT2D eigenvalue weighted by molar-refractivity contribution is 8.00. The fourth-order valence-electron chi connectivity index (χ4n) is 1.53. The summed E-state index contributed by atoms with van der Waals surface area (Å²) >= 11 is 2.76. The van der Waals surface area contributed by atoms with Gasteiger partial charge in [-0.25, -0.2) is 4.39 Å². The number of ether oxygens (including phenoxy) is 1. The number of benzene rings is 1. The van der Waals surface area contributed by atoms with Crippen LogP contribution in [0.5, 0.6) is 5.75 Å². The third kappa shape index (κ3) is 4.40. The Hall–Kier alpha value is -1.67. The van der Waals surface area contributed by atoms with Gasteiger partial charge in [0.05, 0.1) is 0 Å². The largest absolute Gasteiger partial charge is 0.481 e. The van der Waals surface area contributed by atoms with Crippen LogP contribution in [0.1, 0.15) is 13.3 Å². The summed E-state index contributed by atoms with van der Waals surface area (Å²) in [6.07, 6.45) is 1.70. The van der Waals surface area contributed by atoms with Crippen molar-refractivity contribution in [2.24, 2.45) is 0 Å². The lowest BCUT2D eigenvalue weighted by molar-refractivity contribution is -0.122. The summed E-state index contributed by atoms with van der Waals surface area (Å²) in [6, 6.07) is 5.55. The number of rotatable bonds is 6. The van der Waals surface area contributed by atoms with Crippen LogP contribution in [0.25, 0.3) is 0 Å². The van der Waals surface area contributed by atoms with E-state index < -0.39 is 6.10 Å². The smallest absolute Gasteiger partial charge is 0.267 e. The van der Waals surface area contributed by atoms with Gasteiger partial charge >= 0.3 is 0 Å². The van der Waals surface area contributed by atoms with E-state index in [0.717, 1.165) is 4.34 Å². The first kappa shape index (κ1) is 15.7. The van der Waals surface area contributed by atoms with Gasteiger partial charge in [-0.1, -0.05) is 30.0 Å². The lowest BCUT2D eigenvalue weighted by atomic mass is 10.2. The second-order valence-electron chi connectivity index (χ2n) is 4.04. The normalized spacial score (nSPS) is 12.0. The molecule has 1 atom stereocenters. The number of hydrogen-bond donors (Lipinski definition) is 1. The second kappa shape index (κ2) is 7.37. The van der Waals surface area contributed by atoms with E-state index in [1.165, 1.54) is 47.4 Å². The molecule has 8 heteroatoms. The highest BCUT2D eigenvalue weighted by Gasteiger charge is 2.20. The molecule has 2 rings (SSSR count).